The van der Waals surface area contributed by atoms with Gasteiger partial charge in [-0.3, -0.25) is 0 Å². The van der Waals surface area contributed by atoms with Gasteiger partial charge in [0.15, 0.2) is 0 Å². The lowest BCUT2D eigenvalue weighted by Gasteiger charge is -2.20. The third-order valence-corrected chi connectivity index (χ3v) is 2.59. The molecular weight excluding hydrogens is 208 g/mol. The topological polar surface area (TPSA) is 23.8 Å². The summed E-state index contributed by atoms with van der Waals surface area (Å²) in [6, 6.07) is 5.27. The highest BCUT2D eigenvalue weighted by molar-refractivity contribution is 5.40. The fourth-order valence-corrected chi connectivity index (χ4v) is 2.09. The predicted octanol–water partition coefficient (Wildman–Crippen LogP) is 4.01. The molecule has 0 aliphatic heterocycles. The fraction of sp³-hybridized carbons (Fsp3) is 0.462. The molecule has 0 saturated heterocycles. The van der Waals surface area contributed by atoms with Crippen LogP contribution >= 0.6 is 0 Å². The van der Waals surface area contributed by atoms with Crippen LogP contribution in [0, 0.1) is 32.1 Å². The maximum absolute atomic E-state index is 13.8. The minimum atomic E-state index is -2.91. The molecule has 0 N–H and O–H groups in total. The predicted molar refractivity (Wildman–Crippen MR) is 59.4 cm³/mol. The number of benzene rings is 1. The number of hydrogen-bond donors (Lipinski definition) is 0. The zero-order valence-electron chi connectivity index (χ0n) is 9.77. The van der Waals surface area contributed by atoms with Crippen LogP contribution in [0.1, 0.15) is 35.1 Å². The van der Waals surface area contributed by atoms with Crippen LogP contribution in [0.4, 0.5) is 8.78 Å². The molecule has 0 amide bonds. The van der Waals surface area contributed by atoms with Crippen molar-refractivity contribution in [1.29, 1.82) is 5.26 Å². The Morgan fingerprint density at radius 1 is 1.19 bits per heavy atom. The molecule has 1 aromatic rings. The van der Waals surface area contributed by atoms with Crippen molar-refractivity contribution in [1.82, 2.24) is 0 Å². The zero-order valence-corrected chi connectivity index (χ0v) is 9.77. The van der Waals surface area contributed by atoms with Gasteiger partial charge in [-0.25, -0.2) is 8.78 Å². The van der Waals surface area contributed by atoms with Gasteiger partial charge in [-0.1, -0.05) is 17.7 Å². The van der Waals surface area contributed by atoms with E-state index in [0.29, 0.717) is 11.1 Å². The molecule has 3 heteroatoms. The van der Waals surface area contributed by atoms with E-state index in [9.17, 15) is 8.78 Å². The van der Waals surface area contributed by atoms with Gasteiger partial charge in [-0.2, -0.15) is 5.26 Å². The van der Waals surface area contributed by atoms with Gasteiger partial charge in [0, 0.05) is 18.4 Å². The number of halogens is 2. The quantitative estimate of drug-likeness (QED) is 0.759. The second-order valence-corrected chi connectivity index (χ2v) is 4.14. The van der Waals surface area contributed by atoms with Crippen LogP contribution in [0.2, 0.25) is 0 Å². The number of rotatable bonds is 3. The number of nitrogens with zero attached hydrogens (tertiary/aromatic N) is 1. The maximum atomic E-state index is 13.8. The number of nitriles is 1. The Labute approximate surface area is 94.7 Å². The van der Waals surface area contributed by atoms with Crippen molar-refractivity contribution in [2.24, 2.45) is 0 Å². The molecule has 0 atom stereocenters. The van der Waals surface area contributed by atoms with Crippen molar-refractivity contribution in [2.45, 2.75) is 39.5 Å². The summed E-state index contributed by atoms with van der Waals surface area (Å²) in [5, 5.41) is 8.38. The Morgan fingerprint density at radius 3 is 2.12 bits per heavy atom. The average Bonchev–Trinajstić information content (AvgIpc) is 2.12. The Hall–Kier alpha value is -1.43. The van der Waals surface area contributed by atoms with Crippen LogP contribution in [-0.4, -0.2) is 0 Å². The molecule has 0 unspecified atom stereocenters. The average molecular weight is 223 g/mol. The molecule has 86 valence electrons. The molecule has 16 heavy (non-hydrogen) atoms. The third-order valence-electron chi connectivity index (χ3n) is 2.59. The minimum absolute atomic E-state index is 0.0772. The first-order valence-electron chi connectivity index (χ1n) is 5.21. The van der Waals surface area contributed by atoms with E-state index in [0.717, 1.165) is 5.56 Å². The van der Waals surface area contributed by atoms with Crippen molar-refractivity contribution >= 4 is 0 Å². The van der Waals surface area contributed by atoms with Crippen LogP contribution in [0.15, 0.2) is 12.1 Å². The lowest BCUT2D eigenvalue weighted by atomic mass is 9.93. The van der Waals surface area contributed by atoms with Crippen LogP contribution in [0.5, 0.6) is 0 Å². The molecule has 0 heterocycles. The molecule has 0 radical (unpaired) electrons. The van der Waals surface area contributed by atoms with Crippen LogP contribution in [-0.2, 0) is 5.92 Å². The van der Waals surface area contributed by atoms with E-state index in [2.05, 4.69) is 0 Å². The van der Waals surface area contributed by atoms with Crippen LogP contribution < -0.4 is 0 Å². The summed E-state index contributed by atoms with van der Waals surface area (Å²) < 4.78 is 27.7. The summed E-state index contributed by atoms with van der Waals surface area (Å²) in [4.78, 5) is 0. The van der Waals surface area contributed by atoms with Gasteiger partial charge >= 0.3 is 0 Å². The standard InChI is InChI=1S/C13H15F2N/c1-9-7-10(2)12(11(3)8-9)13(14,15)5-4-6-16/h7-8H,4-5H2,1-3H3. The molecule has 0 spiro atoms. The summed E-state index contributed by atoms with van der Waals surface area (Å²) in [6.07, 6.45) is -0.534. The minimum Gasteiger partial charge on any atom is -0.201 e. The van der Waals surface area contributed by atoms with Crippen molar-refractivity contribution in [2.75, 3.05) is 0 Å². The second kappa shape index (κ2) is 4.61. The Kier molecular flexibility index (Phi) is 3.64. The monoisotopic (exact) mass is 223 g/mol. The van der Waals surface area contributed by atoms with Crippen molar-refractivity contribution in [3.05, 3.63) is 34.4 Å². The fourth-order valence-electron chi connectivity index (χ4n) is 2.09. The molecule has 0 bridgehead atoms. The van der Waals surface area contributed by atoms with Crippen molar-refractivity contribution in [3.63, 3.8) is 0 Å². The van der Waals surface area contributed by atoms with Gasteiger partial charge in [0.1, 0.15) is 0 Å². The summed E-state index contributed by atoms with van der Waals surface area (Å²) >= 11 is 0. The van der Waals surface area contributed by atoms with E-state index < -0.39 is 12.3 Å². The first kappa shape index (κ1) is 12.6. The molecule has 1 rings (SSSR count). The van der Waals surface area contributed by atoms with E-state index in [4.69, 9.17) is 5.26 Å². The Morgan fingerprint density at radius 2 is 1.69 bits per heavy atom. The van der Waals surface area contributed by atoms with E-state index >= 15 is 0 Å². The first-order valence-corrected chi connectivity index (χ1v) is 5.21. The molecule has 1 nitrogen and oxygen atoms in total. The summed E-state index contributed by atoms with van der Waals surface area (Å²) in [6.45, 7) is 5.27. The van der Waals surface area contributed by atoms with Crippen LogP contribution in [0.3, 0.4) is 0 Å². The molecule has 0 fully saturated rings. The van der Waals surface area contributed by atoms with Crippen LogP contribution in [0.25, 0.3) is 0 Å². The summed E-state index contributed by atoms with van der Waals surface area (Å²) in [7, 11) is 0. The summed E-state index contributed by atoms with van der Waals surface area (Å²) in [5.74, 6) is -2.91. The van der Waals surface area contributed by atoms with Gasteiger partial charge < -0.3 is 0 Å². The number of alkyl halides is 2. The Bertz CT molecular complexity index is 407. The number of aryl methyl sites for hydroxylation is 3. The Balaban J connectivity index is 3.17. The highest BCUT2D eigenvalue weighted by Crippen LogP contribution is 2.37. The van der Waals surface area contributed by atoms with Crippen molar-refractivity contribution < 1.29 is 8.78 Å². The molecular formula is C13H15F2N. The van der Waals surface area contributed by atoms with Gasteiger partial charge in [0.2, 0.25) is 0 Å². The summed E-state index contributed by atoms with van der Waals surface area (Å²) in [5.41, 5.74) is 2.25. The zero-order chi connectivity index (χ0) is 12.3. The van der Waals surface area contributed by atoms with Gasteiger partial charge in [0.05, 0.1) is 6.07 Å². The smallest absolute Gasteiger partial charge is 0.201 e. The molecule has 0 aromatic heterocycles. The molecule has 1 aromatic carbocycles. The molecule has 0 aliphatic carbocycles. The normalized spacial score (nSPS) is 11.2. The maximum Gasteiger partial charge on any atom is 0.274 e. The second-order valence-electron chi connectivity index (χ2n) is 4.14. The van der Waals surface area contributed by atoms with Gasteiger partial charge in [-0.15, -0.1) is 0 Å². The molecule has 0 saturated carbocycles. The number of hydrogen-bond acceptors (Lipinski definition) is 1. The van der Waals surface area contributed by atoms with E-state index in [1.807, 2.05) is 6.92 Å². The van der Waals surface area contributed by atoms with Gasteiger partial charge in [-0.05, 0) is 31.9 Å². The van der Waals surface area contributed by atoms with E-state index in [1.54, 1.807) is 32.0 Å². The third kappa shape index (κ3) is 2.57. The van der Waals surface area contributed by atoms with Crippen molar-refractivity contribution in [3.8, 4) is 6.07 Å². The van der Waals surface area contributed by atoms with Gasteiger partial charge in [0.25, 0.3) is 5.92 Å². The highest BCUT2D eigenvalue weighted by Gasteiger charge is 2.34. The SMILES string of the molecule is Cc1cc(C)c(C(F)(F)CCC#N)c(C)c1. The molecule has 0 aliphatic rings. The highest BCUT2D eigenvalue weighted by atomic mass is 19.3. The lowest BCUT2D eigenvalue weighted by Crippen LogP contribution is -2.16. The largest absolute Gasteiger partial charge is 0.274 e. The first-order chi connectivity index (χ1) is 7.38. The lowest BCUT2D eigenvalue weighted by molar-refractivity contribution is -0.0131. The van der Waals surface area contributed by atoms with E-state index in [-0.39, 0.29) is 12.0 Å². The van der Waals surface area contributed by atoms with E-state index in [1.165, 1.54) is 0 Å².